The van der Waals surface area contributed by atoms with Gasteiger partial charge in [0.2, 0.25) is 5.91 Å². The Morgan fingerprint density at radius 1 is 1.29 bits per heavy atom. The van der Waals surface area contributed by atoms with Crippen molar-refractivity contribution in [3.8, 4) is 0 Å². The number of rotatable bonds is 6. The second-order valence-corrected chi connectivity index (χ2v) is 7.50. The number of benzene rings is 1. The van der Waals surface area contributed by atoms with Gasteiger partial charge in [-0.15, -0.1) is 0 Å². The number of amides is 1. The Hall–Kier alpha value is -3.75. The van der Waals surface area contributed by atoms with E-state index in [2.05, 4.69) is 20.6 Å². The Balaban J connectivity index is 1.48. The van der Waals surface area contributed by atoms with Gasteiger partial charge in [-0.1, -0.05) is 18.2 Å². The van der Waals surface area contributed by atoms with Crippen LogP contribution in [0.25, 0.3) is 0 Å². The molecule has 1 atom stereocenters. The molecule has 1 aliphatic rings. The minimum Gasteiger partial charge on any atom is -0.384 e. The first kappa shape index (κ1) is 20.5. The molecule has 4 N–H and O–H groups in total. The van der Waals surface area contributed by atoms with Gasteiger partial charge in [0.15, 0.2) is 0 Å². The maximum atomic E-state index is 13.4. The smallest absolute Gasteiger partial charge is 0.277 e. The summed E-state index contributed by atoms with van der Waals surface area (Å²) in [5.74, 6) is 0.410. The summed E-state index contributed by atoms with van der Waals surface area (Å²) in [6.07, 6.45) is 2.51. The number of halogens is 1. The van der Waals surface area contributed by atoms with Crippen molar-refractivity contribution in [1.29, 1.82) is 0 Å². The number of nitrogens with two attached hydrogens (primary N) is 1. The monoisotopic (exact) mass is 422 g/mol. The van der Waals surface area contributed by atoms with Crippen molar-refractivity contribution < 1.29 is 9.18 Å². The van der Waals surface area contributed by atoms with Crippen LogP contribution in [0.1, 0.15) is 35.1 Å². The Kier molecular flexibility index (Phi) is 5.66. The lowest BCUT2D eigenvalue weighted by Crippen LogP contribution is -2.36. The largest absolute Gasteiger partial charge is 0.384 e. The van der Waals surface area contributed by atoms with E-state index in [1.807, 2.05) is 13.0 Å². The van der Waals surface area contributed by atoms with Crippen LogP contribution >= 0.6 is 0 Å². The highest BCUT2D eigenvalue weighted by molar-refractivity contribution is 5.81. The summed E-state index contributed by atoms with van der Waals surface area (Å²) in [5.41, 5.74) is 7.93. The number of pyridine rings is 1. The molecular weight excluding hydrogens is 399 g/mol. The van der Waals surface area contributed by atoms with E-state index in [0.29, 0.717) is 36.6 Å². The average molecular weight is 422 g/mol. The molecule has 3 aromatic rings. The first-order valence-corrected chi connectivity index (χ1v) is 10.0. The molecule has 0 spiro atoms. The van der Waals surface area contributed by atoms with Crippen LogP contribution in [0.15, 0.2) is 47.4 Å². The number of hydrogen-bond acceptors (Lipinski definition) is 6. The van der Waals surface area contributed by atoms with Crippen molar-refractivity contribution in [3.05, 3.63) is 81.4 Å². The predicted octanol–water partition coefficient (Wildman–Crippen LogP) is 2.08. The van der Waals surface area contributed by atoms with Crippen LogP contribution in [0.4, 0.5) is 15.9 Å². The number of carbonyl (C=O) groups is 1. The molecule has 2 aromatic heterocycles. The quantitative estimate of drug-likeness (QED) is 0.560. The lowest BCUT2D eigenvalue weighted by Gasteiger charge is -2.16. The van der Waals surface area contributed by atoms with Gasteiger partial charge in [-0.25, -0.2) is 14.4 Å². The standard InChI is InChI=1S/C22H23FN6O2/c1-13-15(5-7-19(24)28-13)11-27-21(30)18-6-8-20-26-12-17(22(31)29(18)20)25-10-14-3-2-4-16(23)9-14/h2-5,7,9,12,18,25H,6,8,10-11H2,1H3,(H2,24,28)(H,27,30). The molecule has 0 radical (unpaired) electrons. The molecule has 0 saturated heterocycles. The molecule has 1 aliphatic heterocycles. The van der Waals surface area contributed by atoms with E-state index in [0.717, 1.165) is 11.3 Å². The summed E-state index contributed by atoms with van der Waals surface area (Å²) in [4.78, 5) is 34.4. The van der Waals surface area contributed by atoms with Gasteiger partial charge >= 0.3 is 0 Å². The van der Waals surface area contributed by atoms with Crippen molar-refractivity contribution in [2.24, 2.45) is 0 Å². The molecular formula is C22H23FN6O2. The zero-order chi connectivity index (χ0) is 22.0. The first-order chi connectivity index (χ1) is 14.9. The number of aryl methyl sites for hydroxylation is 2. The molecule has 9 heteroatoms. The van der Waals surface area contributed by atoms with Gasteiger partial charge in [0.1, 0.15) is 29.2 Å². The first-order valence-electron chi connectivity index (χ1n) is 10.0. The third-order valence-corrected chi connectivity index (χ3v) is 5.37. The van der Waals surface area contributed by atoms with E-state index in [-0.39, 0.29) is 29.5 Å². The third-order valence-electron chi connectivity index (χ3n) is 5.37. The van der Waals surface area contributed by atoms with Gasteiger partial charge in [0, 0.05) is 25.2 Å². The number of aromatic nitrogens is 3. The van der Waals surface area contributed by atoms with Gasteiger partial charge in [-0.2, -0.15) is 0 Å². The molecule has 1 aromatic carbocycles. The van der Waals surface area contributed by atoms with Crippen LogP contribution < -0.4 is 21.9 Å². The van der Waals surface area contributed by atoms with E-state index < -0.39 is 6.04 Å². The third kappa shape index (κ3) is 4.40. The molecule has 1 amide bonds. The maximum Gasteiger partial charge on any atom is 0.277 e. The van der Waals surface area contributed by atoms with Gasteiger partial charge in [-0.3, -0.25) is 14.2 Å². The number of nitrogens with one attached hydrogen (secondary N) is 2. The molecule has 0 saturated carbocycles. The normalized spacial score (nSPS) is 14.8. The highest BCUT2D eigenvalue weighted by Crippen LogP contribution is 2.23. The van der Waals surface area contributed by atoms with Crippen LogP contribution in [0.3, 0.4) is 0 Å². The van der Waals surface area contributed by atoms with Gasteiger partial charge in [-0.05, 0) is 42.7 Å². The molecule has 31 heavy (non-hydrogen) atoms. The molecule has 4 rings (SSSR count). The second-order valence-electron chi connectivity index (χ2n) is 7.50. The van der Waals surface area contributed by atoms with Crippen LogP contribution in [0.5, 0.6) is 0 Å². The minimum absolute atomic E-state index is 0.249. The van der Waals surface area contributed by atoms with Gasteiger partial charge < -0.3 is 16.4 Å². The lowest BCUT2D eigenvalue weighted by atomic mass is 10.1. The van der Waals surface area contributed by atoms with Gasteiger partial charge in [0.05, 0.1) is 6.20 Å². The van der Waals surface area contributed by atoms with E-state index in [4.69, 9.17) is 5.73 Å². The summed E-state index contributed by atoms with van der Waals surface area (Å²) in [7, 11) is 0. The summed E-state index contributed by atoms with van der Waals surface area (Å²) >= 11 is 0. The summed E-state index contributed by atoms with van der Waals surface area (Å²) in [6.45, 7) is 2.39. The van der Waals surface area contributed by atoms with Crippen LogP contribution in [0.2, 0.25) is 0 Å². The number of carbonyl (C=O) groups excluding carboxylic acids is 1. The molecule has 8 nitrogen and oxygen atoms in total. The minimum atomic E-state index is -0.632. The molecule has 0 aliphatic carbocycles. The van der Waals surface area contributed by atoms with E-state index >= 15 is 0 Å². The number of fused-ring (bicyclic) bond motifs is 1. The van der Waals surface area contributed by atoms with Crippen molar-refractivity contribution in [3.63, 3.8) is 0 Å². The van der Waals surface area contributed by atoms with Crippen molar-refractivity contribution >= 4 is 17.4 Å². The Labute approximate surface area is 178 Å². The van der Waals surface area contributed by atoms with Crippen LogP contribution in [-0.4, -0.2) is 20.4 Å². The predicted molar refractivity (Wildman–Crippen MR) is 115 cm³/mol. The second kappa shape index (κ2) is 8.55. The number of anilines is 2. The van der Waals surface area contributed by atoms with Gasteiger partial charge in [0.25, 0.3) is 5.56 Å². The zero-order valence-corrected chi connectivity index (χ0v) is 17.1. The zero-order valence-electron chi connectivity index (χ0n) is 17.1. The number of nitrogens with zero attached hydrogens (tertiary/aromatic N) is 3. The topological polar surface area (TPSA) is 115 Å². The number of nitrogen functional groups attached to an aromatic ring is 1. The molecule has 0 fully saturated rings. The summed E-state index contributed by atoms with van der Waals surface area (Å²) in [6, 6.07) is 9.01. The Morgan fingerprint density at radius 3 is 2.90 bits per heavy atom. The highest BCUT2D eigenvalue weighted by Gasteiger charge is 2.31. The van der Waals surface area contributed by atoms with Crippen molar-refractivity contribution in [2.45, 2.75) is 38.9 Å². The molecule has 0 bridgehead atoms. The SMILES string of the molecule is Cc1nc(N)ccc1CNC(=O)C1CCc2ncc(NCc3cccc(F)c3)c(=O)n21. The lowest BCUT2D eigenvalue weighted by molar-refractivity contribution is -0.124. The van der Waals surface area contributed by atoms with E-state index in [9.17, 15) is 14.0 Å². The van der Waals surface area contributed by atoms with Crippen molar-refractivity contribution in [1.82, 2.24) is 19.9 Å². The highest BCUT2D eigenvalue weighted by atomic mass is 19.1. The van der Waals surface area contributed by atoms with Crippen molar-refractivity contribution in [2.75, 3.05) is 11.1 Å². The summed E-state index contributed by atoms with van der Waals surface area (Å²) in [5, 5.41) is 5.89. The summed E-state index contributed by atoms with van der Waals surface area (Å²) < 4.78 is 14.8. The van der Waals surface area contributed by atoms with E-state index in [1.54, 1.807) is 18.2 Å². The molecule has 3 heterocycles. The van der Waals surface area contributed by atoms with Crippen LogP contribution in [0, 0.1) is 12.7 Å². The van der Waals surface area contributed by atoms with Crippen LogP contribution in [-0.2, 0) is 24.3 Å². The fourth-order valence-corrected chi connectivity index (χ4v) is 3.71. The Morgan fingerprint density at radius 2 is 2.13 bits per heavy atom. The average Bonchev–Trinajstić information content (AvgIpc) is 3.18. The number of hydrogen-bond donors (Lipinski definition) is 3. The Bertz CT molecular complexity index is 1190. The fourth-order valence-electron chi connectivity index (χ4n) is 3.71. The van der Waals surface area contributed by atoms with E-state index in [1.165, 1.54) is 22.9 Å². The maximum absolute atomic E-state index is 13.4. The fraction of sp³-hybridized carbons (Fsp3) is 0.273. The molecule has 160 valence electrons. The molecule has 1 unspecified atom stereocenters.